The van der Waals surface area contributed by atoms with Gasteiger partial charge in [0.1, 0.15) is 10.7 Å². The Bertz CT molecular complexity index is 707. The second-order valence-electron chi connectivity index (χ2n) is 5.68. The Labute approximate surface area is 151 Å². The molecule has 4 N–H and O–H groups in total. The van der Waals surface area contributed by atoms with Crippen molar-refractivity contribution in [2.75, 3.05) is 5.32 Å². The highest BCUT2D eigenvalue weighted by Crippen LogP contribution is 2.29. The van der Waals surface area contributed by atoms with Crippen LogP contribution in [0.25, 0.3) is 0 Å². The lowest BCUT2D eigenvalue weighted by Crippen LogP contribution is -2.40. The summed E-state index contributed by atoms with van der Waals surface area (Å²) in [5.74, 6) is -1.41. The number of benzene rings is 1. The van der Waals surface area contributed by atoms with Gasteiger partial charge in [-0.05, 0) is 31.7 Å². The van der Waals surface area contributed by atoms with Crippen molar-refractivity contribution in [3.05, 3.63) is 23.0 Å². The van der Waals surface area contributed by atoms with Crippen LogP contribution in [0.4, 0.5) is 10.1 Å². The van der Waals surface area contributed by atoms with E-state index in [1.165, 1.54) is 6.92 Å². The number of nitrogens with two attached hydrogens (primary N) is 1. The van der Waals surface area contributed by atoms with E-state index >= 15 is 0 Å². The number of nitrogens with one attached hydrogen (secondary N) is 2. The molecule has 0 unspecified atom stereocenters. The Kier molecular flexibility index (Phi) is 7.43. The van der Waals surface area contributed by atoms with Crippen molar-refractivity contribution >= 4 is 45.6 Å². The predicted octanol–water partition coefficient (Wildman–Crippen LogP) is 2.41. The number of anilines is 1. The van der Waals surface area contributed by atoms with Gasteiger partial charge in [-0.3, -0.25) is 4.79 Å². The van der Waals surface area contributed by atoms with Gasteiger partial charge in [0, 0.05) is 25.1 Å². The Morgan fingerprint density at radius 1 is 1.29 bits per heavy atom. The molecule has 1 fully saturated rings. The van der Waals surface area contributed by atoms with E-state index < -0.39 is 26.6 Å². The van der Waals surface area contributed by atoms with E-state index in [4.69, 9.17) is 17.3 Å². The van der Waals surface area contributed by atoms with E-state index in [2.05, 4.69) is 10.0 Å². The SMILES string of the molecule is CC(=O)Nc1cc(F)c(S(=O)(=O)NC2CCC(N)CC2)cc1Cl.Cl. The molecule has 1 aliphatic rings. The summed E-state index contributed by atoms with van der Waals surface area (Å²) in [6, 6.07) is 1.71. The van der Waals surface area contributed by atoms with Crippen LogP contribution < -0.4 is 15.8 Å². The molecule has 0 radical (unpaired) electrons. The number of halogens is 3. The summed E-state index contributed by atoms with van der Waals surface area (Å²) >= 11 is 5.92. The topological polar surface area (TPSA) is 101 Å². The van der Waals surface area contributed by atoms with E-state index in [0.29, 0.717) is 12.8 Å². The standard InChI is InChI=1S/C14H19ClFN3O3S.ClH/c1-8(20)18-13-7-12(16)14(6-11(13)15)23(21,22)19-10-4-2-9(17)3-5-10;/h6-7,9-10,19H,2-5,17H2,1H3,(H,18,20);1H. The number of amides is 1. The number of carbonyl (C=O) groups excluding carboxylic acids is 1. The molecule has 1 amide bonds. The largest absolute Gasteiger partial charge is 0.328 e. The molecule has 6 nitrogen and oxygen atoms in total. The molecule has 10 heteroatoms. The third kappa shape index (κ3) is 5.29. The van der Waals surface area contributed by atoms with Crippen molar-refractivity contribution in [1.29, 1.82) is 0 Å². The zero-order chi connectivity index (χ0) is 17.2. The first-order valence-corrected chi connectivity index (χ1v) is 9.09. The Morgan fingerprint density at radius 3 is 2.42 bits per heavy atom. The highest BCUT2D eigenvalue weighted by Gasteiger charge is 2.27. The van der Waals surface area contributed by atoms with Crippen LogP contribution in [0.5, 0.6) is 0 Å². The highest BCUT2D eigenvalue weighted by atomic mass is 35.5. The molecule has 1 aromatic carbocycles. The number of carbonyl (C=O) groups is 1. The van der Waals surface area contributed by atoms with Crippen LogP contribution in [-0.2, 0) is 14.8 Å². The molecule has 24 heavy (non-hydrogen) atoms. The van der Waals surface area contributed by atoms with Crippen molar-refractivity contribution in [3.63, 3.8) is 0 Å². The molecule has 2 rings (SSSR count). The average Bonchev–Trinajstić information content (AvgIpc) is 2.44. The van der Waals surface area contributed by atoms with Crippen molar-refractivity contribution in [1.82, 2.24) is 4.72 Å². The fraction of sp³-hybridized carbons (Fsp3) is 0.500. The molecule has 0 aliphatic heterocycles. The minimum Gasteiger partial charge on any atom is -0.328 e. The van der Waals surface area contributed by atoms with Gasteiger partial charge in [0.2, 0.25) is 15.9 Å². The van der Waals surface area contributed by atoms with Gasteiger partial charge in [-0.1, -0.05) is 11.6 Å². The molecule has 0 heterocycles. The predicted molar refractivity (Wildman–Crippen MR) is 93.5 cm³/mol. The smallest absolute Gasteiger partial charge is 0.243 e. The van der Waals surface area contributed by atoms with Gasteiger partial charge in [0.15, 0.2) is 0 Å². The van der Waals surface area contributed by atoms with Crippen molar-refractivity contribution < 1.29 is 17.6 Å². The molecule has 1 saturated carbocycles. The molecule has 0 spiro atoms. The molecular weight excluding hydrogens is 380 g/mol. The number of rotatable bonds is 4. The van der Waals surface area contributed by atoms with Gasteiger partial charge in [-0.2, -0.15) is 0 Å². The molecule has 1 aliphatic carbocycles. The van der Waals surface area contributed by atoms with Crippen LogP contribution in [0.1, 0.15) is 32.6 Å². The lowest BCUT2D eigenvalue weighted by Gasteiger charge is -2.26. The second-order valence-corrected chi connectivity index (χ2v) is 7.77. The Balaban J connectivity index is 0.00000288. The summed E-state index contributed by atoms with van der Waals surface area (Å²) in [5.41, 5.74) is 5.81. The normalized spacial score (nSPS) is 21.0. The summed E-state index contributed by atoms with van der Waals surface area (Å²) in [6.45, 7) is 1.24. The van der Waals surface area contributed by atoms with Gasteiger partial charge >= 0.3 is 0 Å². The molecule has 0 aromatic heterocycles. The lowest BCUT2D eigenvalue weighted by molar-refractivity contribution is -0.114. The first kappa shape index (κ1) is 21.1. The highest BCUT2D eigenvalue weighted by molar-refractivity contribution is 7.89. The number of hydrogen-bond acceptors (Lipinski definition) is 4. The number of sulfonamides is 1. The Hall–Kier alpha value is -0.930. The van der Waals surface area contributed by atoms with E-state index in [9.17, 15) is 17.6 Å². The van der Waals surface area contributed by atoms with Crippen molar-refractivity contribution in [2.45, 2.75) is 49.6 Å². The van der Waals surface area contributed by atoms with Crippen LogP contribution in [0.2, 0.25) is 5.02 Å². The van der Waals surface area contributed by atoms with Gasteiger partial charge in [0.05, 0.1) is 10.7 Å². The maximum Gasteiger partial charge on any atom is 0.243 e. The third-order valence-electron chi connectivity index (χ3n) is 3.72. The summed E-state index contributed by atoms with van der Waals surface area (Å²) in [4.78, 5) is 10.5. The maximum atomic E-state index is 14.1. The van der Waals surface area contributed by atoms with Crippen LogP contribution in [-0.4, -0.2) is 26.4 Å². The minimum atomic E-state index is -4.04. The quantitative estimate of drug-likeness (QED) is 0.723. The summed E-state index contributed by atoms with van der Waals surface area (Å²) in [6.07, 6.45) is 2.66. The summed E-state index contributed by atoms with van der Waals surface area (Å²) in [7, 11) is -4.04. The van der Waals surface area contributed by atoms with Crippen molar-refractivity contribution in [3.8, 4) is 0 Å². The summed E-state index contributed by atoms with van der Waals surface area (Å²) in [5, 5.41) is 2.29. The fourth-order valence-corrected chi connectivity index (χ4v) is 4.21. The van der Waals surface area contributed by atoms with Gasteiger partial charge < -0.3 is 11.1 Å². The van der Waals surface area contributed by atoms with Gasteiger partial charge in [-0.15, -0.1) is 12.4 Å². The van der Waals surface area contributed by atoms with Crippen LogP contribution >= 0.6 is 24.0 Å². The Morgan fingerprint density at radius 2 is 1.88 bits per heavy atom. The monoisotopic (exact) mass is 399 g/mol. The lowest BCUT2D eigenvalue weighted by atomic mass is 9.93. The van der Waals surface area contributed by atoms with E-state index in [0.717, 1.165) is 25.0 Å². The van der Waals surface area contributed by atoms with Crippen LogP contribution in [0.15, 0.2) is 17.0 Å². The molecule has 136 valence electrons. The van der Waals surface area contributed by atoms with Gasteiger partial charge in [-0.25, -0.2) is 17.5 Å². The van der Waals surface area contributed by atoms with Gasteiger partial charge in [0.25, 0.3) is 0 Å². The fourth-order valence-electron chi connectivity index (χ4n) is 2.54. The first-order valence-electron chi connectivity index (χ1n) is 7.23. The maximum absolute atomic E-state index is 14.1. The molecular formula is C14H20Cl2FN3O3S. The first-order chi connectivity index (χ1) is 10.7. The summed E-state index contributed by atoms with van der Waals surface area (Å²) < 4.78 is 41.4. The van der Waals surface area contributed by atoms with E-state index in [-0.39, 0.29) is 35.2 Å². The van der Waals surface area contributed by atoms with Crippen LogP contribution in [0, 0.1) is 5.82 Å². The third-order valence-corrected chi connectivity index (χ3v) is 5.56. The number of hydrogen-bond donors (Lipinski definition) is 3. The van der Waals surface area contributed by atoms with E-state index in [1.54, 1.807) is 0 Å². The minimum absolute atomic E-state index is 0. The zero-order valence-corrected chi connectivity index (χ0v) is 15.4. The molecule has 0 bridgehead atoms. The van der Waals surface area contributed by atoms with E-state index in [1.807, 2.05) is 0 Å². The second kappa shape index (κ2) is 8.44. The van der Waals surface area contributed by atoms with Crippen molar-refractivity contribution in [2.24, 2.45) is 5.73 Å². The van der Waals surface area contributed by atoms with Crippen LogP contribution in [0.3, 0.4) is 0 Å². The molecule has 1 aromatic rings. The molecule has 0 atom stereocenters. The average molecular weight is 400 g/mol. The molecule has 0 saturated heterocycles. The zero-order valence-electron chi connectivity index (χ0n) is 13.0.